The number of H-pyrrole nitrogens is 1. The molecule has 0 spiro atoms. The largest absolute Gasteiger partial charge is 0.261 e. The van der Waals surface area contributed by atoms with Crippen LogP contribution in [-0.4, -0.2) is 15.2 Å². The van der Waals surface area contributed by atoms with E-state index in [1.807, 2.05) is 12.1 Å². The van der Waals surface area contributed by atoms with Gasteiger partial charge in [-0.25, -0.2) is 9.37 Å². The second-order valence-electron chi connectivity index (χ2n) is 3.94. The van der Waals surface area contributed by atoms with Crippen molar-refractivity contribution in [2.75, 3.05) is 0 Å². The van der Waals surface area contributed by atoms with Crippen molar-refractivity contribution < 1.29 is 4.39 Å². The Morgan fingerprint density at radius 3 is 3.00 bits per heavy atom. The molecule has 3 rings (SSSR count). The second-order valence-corrected chi connectivity index (χ2v) is 3.94. The van der Waals surface area contributed by atoms with Gasteiger partial charge in [0, 0.05) is 22.7 Å². The summed E-state index contributed by atoms with van der Waals surface area (Å²) in [5.74, 6) is -0.283. The van der Waals surface area contributed by atoms with Gasteiger partial charge in [0.15, 0.2) is 5.65 Å². The van der Waals surface area contributed by atoms with E-state index in [0.717, 1.165) is 22.2 Å². The topological polar surface area (TPSA) is 41.6 Å². The lowest BCUT2D eigenvalue weighted by Gasteiger charge is -2.06. The minimum absolute atomic E-state index is 0.283. The third kappa shape index (κ3) is 1.59. The Morgan fingerprint density at radius 1 is 1.28 bits per heavy atom. The molecule has 18 heavy (non-hydrogen) atoms. The SMILES string of the molecule is C=Cc1c(F)cccc1-c1cnc2[nH]ncc2c1. The zero-order valence-corrected chi connectivity index (χ0v) is 9.52. The van der Waals surface area contributed by atoms with Crippen LogP contribution in [0.1, 0.15) is 5.56 Å². The Bertz CT molecular complexity index is 731. The molecule has 1 N–H and O–H groups in total. The lowest BCUT2D eigenvalue weighted by molar-refractivity contribution is 0.625. The Morgan fingerprint density at radius 2 is 2.17 bits per heavy atom. The molecule has 88 valence electrons. The number of aromatic nitrogens is 3. The first-order valence-electron chi connectivity index (χ1n) is 5.50. The minimum Gasteiger partial charge on any atom is -0.261 e. The fourth-order valence-corrected chi connectivity index (χ4v) is 1.98. The molecule has 2 aromatic heterocycles. The van der Waals surface area contributed by atoms with Gasteiger partial charge in [0.1, 0.15) is 5.82 Å². The number of nitrogens with one attached hydrogen (secondary N) is 1. The maximum Gasteiger partial charge on any atom is 0.155 e. The molecule has 0 aliphatic carbocycles. The summed E-state index contributed by atoms with van der Waals surface area (Å²) in [4.78, 5) is 4.25. The molecule has 1 aromatic carbocycles. The van der Waals surface area contributed by atoms with Gasteiger partial charge in [-0.1, -0.05) is 24.8 Å². The molecule has 0 bridgehead atoms. The zero-order valence-electron chi connectivity index (χ0n) is 9.52. The van der Waals surface area contributed by atoms with E-state index in [2.05, 4.69) is 21.8 Å². The van der Waals surface area contributed by atoms with E-state index in [9.17, 15) is 4.39 Å². The molecule has 0 atom stereocenters. The lowest BCUT2D eigenvalue weighted by Crippen LogP contribution is -1.89. The van der Waals surface area contributed by atoms with Crippen LogP contribution in [0.3, 0.4) is 0 Å². The number of rotatable bonds is 2. The molecule has 4 heteroatoms. The highest BCUT2D eigenvalue weighted by Crippen LogP contribution is 2.27. The molecule has 3 aromatic rings. The fourth-order valence-electron chi connectivity index (χ4n) is 1.98. The predicted octanol–water partition coefficient (Wildman–Crippen LogP) is 3.41. The Hall–Kier alpha value is -2.49. The normalized spacial score (nSPS) is 10.7. The number of nitrogens with zero attached hydrogens (tertiary/aromatic N) is 2. The quantitative estimate of drug-likeness (QED) is 0.744. The lowest BCUT2D eigenvalue weighted by atomic mass is 10.00. The van der Waals surface area contributed by atoms with Crippen LogP contribution in [0.4, 0.5) is 4.39 Å². The van der Waals surface area contributed by atoms with Crippen LogP contribution in [0.25, 0.3) is 28.2 Å². The van der Waals surface area contributed by atoms with Gasteiger partial charge >= 0.3 is 0 Å². The highest BCUT2D eigenvalue weighted by molar-refractivity contribution is 5.83. The predicted molar refractivity (Wildman–Crippen MR) is 69.4 cm³/mol. The molecule has 0 saturated heterocycles. The third-order valence-corrected chi connectivity index (χ3v) is 2.86. The van der Waals surface area contributed by atoms with E-state index >= 15 is 0 Å². The molecular formula is C14H10FN3. The molecular weight excluding hydrogens is 229 g/mol. The standard InChI is InChI=1S/C14H10FN3/c1-2-11-12(4-3-5-13(11)15)9-6-10-8-17-18-14(10)16-7-9/h2-8H,1H2,(H,16,17,18). The molecule has 0 aliphatic heterocycles. The first-order chi connectivity index (χ1) is 8.79. The number of aromatic amines is 1. The molecule has 3 nitrogen and oxygen atoms in total. The number of benzene rings is 1. The Kier molecular flexibility index (Phi) is 2.41. The van der Waals surface area contributed by atoms with Crippen molar-refractivity contribution >= 4 is 17.1 Å². The second kappa shape index (κ2) is 4.07. The van der Waals surface area contributed by atoms with E-state index in [4.69, 9.17) is 0 Å². The summed E-state index contributed by atoms with van der Waals surface area (Å²) in [7, 11) is 0. The molecule has 0 fully saturated rings. The van der Waals surface area contributed by atoms with E-state index in [-0.39, 0.29) is 5.82 Å². The van der Waals surface area contributed by atoms with Gasteiger partial charge in [-0.15, -0.1) is 0 Å². The summed E-state index contributed by atoms with van der Waals surface area (Å²) < 4.78 is 13.7. The molecule has 0 amide bonds. The summed E-state index contributed by atoms with van der Waals surface area (Å²) in [6.45, 7) is 3.65. The van der Waals surface area contributed by atoms with Crippen molar-refractivity contribution in [2.24, 2.45) is 0 Å². The van der Waals surface area contributed by atoms with Gasteiger partial charge in [-0.05, 0) is 17.7 Å². The molecule has 2 heterocycles. The highest BCUT2D eigenvalue weighted by Gasteiger charge is 2.08. The smallest absolute Gasteiger partial charge is 0.155 e. The van der Waals surface area contributed by atoms with Crippen molar-refractivity contribution in [3.63, 3.8) is 0 Å². The van der Waals surface area contributed by atoms with Crippen LogP contribution < -0.4 is 0 Å². The number of hydrogen-bond donors (Lipinski definition) is 1. The van der Waals surface area contributed by atoms with Crippen LogP contribution in [0.5, 0.6) is 0 Å². The summed E-state index contributed by atoms with van der Waals surface area (Å²) >= 11 is 0. The maximum absolute atomic E-state index is 13.7. The number of fused-ring (bicyclic) bond motifs is 1. The Labute approximate surface area is 103 Å². The van der Waals surface area contributed by atoms with E-state index in [1.54, 1.807) is 18.5 Å². The average molecular weight is 239 g/mol. The maximum atomic E-state index is 13.7. The van der Waals surface area contributed by atoms with E-state index < -0.39 is 0 Å². The minimum atomic E-state index is -0.283. The fraction of sp³-hybridized carbons (Fsp3) is 0. The van der Waals surface area contributed by atoms with E-state index in [1.165, 1.54) is 12.1 Å². The summed E-state index contributed by atoms with van der Waals surface area (Å²) in [6, 6.07) is 6.87. The van der Waals surface area contributed by atoms with Crippen molar-refractivity contribution in [3.8, 4) is 11.1 Å². The number of hydrogen-bond acceptors (Lipinski definition) is 2. The van der Waals surface area contributed by atoms with Gasteiger partial charge < -0.3 is 0 Å². The summed E-state index contributed by atoms with van der Waals surface area (Å²) in [5.41, 5.74) is 2.83. The molecule has 0 radical (unpaired) electrons. The van der Waals surface area contributed by atoms with Gasteiger partial charge in [-0.3, -0.25) is 5.10 Å². The first kappa shape index (κ1) is 10.7. The van der Waals surface area contributed by atoms with Crippen molar-refractivity contribution in [3.05, 3.63) is 54.6 Å². The Balaban J connectivity index is 2.25. The van der Waals surface area contributed by atoms with Crippen molar-refractivity contribution in [1.29, 1.82) is 0 Å². The van der Waals surface area contributed by atoms with Crippen molar-refractivity contribution in [2.45, 2.75) is 0 Å². The van der Waals surface area contributed by atoms with Crippen LogP contribution in [-0.2, 0) is 0 Å². The average Bonchev–Trinajstić information content (AvgIpc) is 2.85. The number of pyridine rings is 1. The van der Waals surface area contributed by atoms with Gasteiger partial charge in [0.2, 0.25) is 0 Å². The van der Waals surface area contributed by atoms with Crippen LogP contribution in [0, 0.1) is 5.82 Å². The van der Waals surface area contributed by atoms with E-state index in [0.29, 0.717) is 5.56 Å². The third-order valence-electron chi connectivity index (χ3n) is 2.86. The van der Waals surface area contributed by atoms with Crippen molar-refractivity contribution in [1.82, 2.24) is 15.2 Å². The zero-order chi connectivity index (χ0) is 12.5. The van der Waals surface area contributed by atoms with Crippen LogP contribution in [0.15, 0.2) is 43.2 Å². The summed E-state index contributed by atoms with van der Waals surface area (Å²) in [5, 5.41) is 7.59. The van der Waals surface area contributed by atoms with Gasteiger partial charge in [0.25, 0.3) is 0 Å². The number of halogens is 1. The molecule has 0 saturated carbocycles. The van der Waals surface area contributed by atoms with Crippen LogP contribution in [0.2, 0.25) is 0 Å². The molecule has 0 unspecified atom stereocenters. The monoisotopic (exact) mass is 239 g/mol. The first-order valence-corrected chi connectivity index (χ1v) is 5.50. The summed E-state index contributed by atoms with van der Waals surface area (Å²) in [6.07, 6.45) is 4.91. The van der Waals surface area contributed by atoms with Crippen LogP contribution >= 0.6 is 0 Å². The highest BCUT2D eigenvalue weighted by atomic mass is 19.1. The van der Waals surface area contributed by atoms with Gasteiger partial charge in [0.05, 0.1) is 6.20 Å². The molecule has 0 aliphatic rings. The van der Waals surface area contributed by atoms with Gasteiger partial charge in [-0.2, -0.15) is 5.10 Å².